The minimum absolute atomic E-state index is 0.159. The highest BCUT2D eigenvalue weighted by Gasteiger charge is 2.25. The smallest absolute Gasteiger partial charge is 0.310 e. The molecule has 4 nitrogen and oxygen atoms in total. The summed E-state index contributed by atoms with van der Waals surface area (Å²) >= 11 is 5.71. The SMILES string of the molecule is CCCCOC(=O)C(CCl)CC(C)C(=O)OC. The Bertz CT molecular complexity index is 243. The molecule has 0 aliphatic rings. The Morgan fingerprint density at radius 2 is 1.94 bits per heavy atom. The van der Waals surface area contributed by atoms with E-state index in [1.54, 1.807) is 6.92 Å². The van der Waals surface area contributed by atoms with E-state index >= 15 is 0 Å². The zero-order valence-electron chi connectivity index (χ0n) is 10.7. The van der Waals surface area contributed by atoms with E-state index in [2.05, 4.69) is 4.74 Å². The third-order valence-electron chi connectivity index (χ3n) is 2.50. The Morgan fingerprint density at radius 3 is 2.41 bits per heavy atom. The summed E-state index contributed by atoms with van der Waals surface area (Å²) in [6.45, 7) is 4.15. The van der Waals surface area contributed by atoms with Crippen molar-refractivity contribution in [3.63, 3.8) is 0 Å². The van der Waals surface area contributed by atoms with Gasteiger partial charge in [0.05, 0.1) is 25.6 Å². The van der Waals surface area contributed by atoms with Crippen LogP contribution in [-0.2, 0) is 19.1 Å². The summed E-state index contributed by atoms with van der Waals surface area (Å²) in [4.78, 5) is 22.9. The van der Waals surface area contributed by atoms with Gasteiger partial charge in [-0.05, 0) is 12.8 Å². The number of esters is 2. The molecule has 0 aliphatic heterocycles. The molecule has 0 radical (unpaired) electrons. The summed E-state index contributed by atoms with van der Waals surface area (Å²) in [6, 6.07) is 0. The largest absolute Gasteiger partial charge is 0.469 e. The minimum atomic E-state index is -0.442. The summed E-state index contributed by atoms with van der Waals surface area (Å²) in [5.74, 6) is -1.29. The molecule has 2 atom stereocenters. The average Bonchev–Trinajstić information content (AvgIpc) is 2.34. The number of hydrogen-bond donors (Lipinski definition) is 0. The highest BCUT2D eigenvalue weighted by atomic mass is 35.5. The van der Waals surface area contributed by atoms with Crippen molar-refractivity contribution < 1.29 is 19.1 Å². The molecule has 5 heteroatoms. The molecule has 0 aliphatic carbocycles. The van der Waals surface area contributed by atoms with Crippen molar-refractivity contribution in [1.82, 2.24) is 0 Å². The van der Waals surface area contributed by atoms with Gasteiger partial charge in [-0.25, -0.2) is 0 Å². The van der Waals surface area contributed by atoms with Crippen molar-refractivity contribution in [2.24, 2.45) is 11.8 Å². The number of ether oxygens (including phenoxy) is 2. The van der Waals surface area contributed by atoms with Gasteiger partial charge in [0, 0.05) is 5.88 Å². The van der Waals surface area contributed by atoms with E-state index in [1.165, 1.54) is 7.11 Å². The van der Waals surface area contributed by atoms with Crippen LogP contribution in [0.15, 0.2) is 0 Å². The predicted octanol–water partition coefficient (Wildman–Crippen LogP) is 2.38. The van der Waals surface area contributed by atoms with Crippen molar-refractivity contribution in [3.8, 4) is 0 Å². The van der Waals surface area contributed by atoms with Crippen LogP contribution < -0.4 is 0 Å². The summed E-state index contributed by atoms with van der Waals surface area (Å²) in [5, 5.41) is 0. The highest BCUT2D eigenvalue weighted by Crippen LogP contribution is 2.17. The van der Waals surface area contributed by atoms with Crippen molar-refractivity contribution >= 4 is 23.5 Å². The van der Waals surface area contributed by atoms with E-state index in [-0.39, 0.29) is 23.7 Å². The summed E-state index contributed by atoms with van der Waals surface area (Å²) in [6.07, 6.45) is 2.17. The molecule has 0 heterocycles. The molecular formula is C12H21ClO4. The maximum absolute atomic E-state index is 11.6. The van der Waals surface area contributed by atoms with Gasteiger partial charge in [0.25, 0.3) is 0 Å². The minimum Gasteiger partial charge on any atom is -0.469 e. The zero-order chi connectivity index (χ0) is 13.3. The molecule has 0 aromatic rings. The summed E-state index contributed by atoms with van der Waals surface area (Å²) in [7, 11) is 1.33. The van der Waals surface area contributed by atoms with Crippen molar-refractivity contribution in [2.45, 2.75) is 33.1 Å². The fourth-order valence-corrected chi connectivity index (χ4v) is 1.63. The number of rotatable bonds is 8. The maximum atomic E-state index is 11.6. The number of halogens is 1. The van der Waals surface area contributed by atoms with Crippen LogP contribution in [0.2, 0.25) is 0 Å². The van der Waals surface area contributed by atoms with E-state index < -0.39 is 5.92 Å². The highest BCUT2D eigenvalue weighted by molar-refractivity contribution is 6.19. The number of carbonyl (C=O) groups is 2. The van der Waals surface area contributed by atoms with Gasteiger partial charge in [-0.1, -0.05) is 20.3 Å². The lowest BCUT2D eigenvalue weighted by atomic mass is 9.97. The Kier molecular flexibility index (Phi) is 8.86. The molecule has 0 aromatic carbocycles. The molecule has 0 amide bonds. The summed E-state index contributed by atoms with van der Waals surface area (Å²) in [5.41, 5.74) is 0. The molecular weight excluding hydrogens is 244 g/mol. The molecule has 0 bridgehead atoms. The summed E-state index contributed by atoms with van der Waals surface area (Å²) < 4.78 is 9.68. The lowest BCUT2D eigenvalue weighted by molar-refractivity contribution is -0.150. The third-order valence-corrected chi connectivity index (χ3v) is 2.88. The van der Waals surface area contributed by atoms with Crippen LogP contribution in [0.5, 0.6) is 0 Å². The van der Waals surface area contributed by atoms with E-state index in [0.29, 0.717) is 13.0 Å². The Labute approximate surface area is 108 Å². The molecule has 0 rings (SSSR count). The van der Waals surface area contributed by atoms with Crippen LogP contribution in [0.1, 0.15) is 33.1 Å². The van der Waals surface area contributed by atoms with Crippen molar-refractivity contribution in [1.29, 1.82) is 0 Å². The second kappa shape index (κ2) is 9.28. The normalized spacial score (nSPS) is 13.9. The molecule has 0 fully saturated rings. The standard InChI is InChI=1S/C12H21ClO4/c1-4-5-6-17-12(15)10(8-13)7-9(2)11(14)16-3/h9-10H,4-8H2,1-3H3. The third kappa shape index (κ3) is 6.51. The first-order valence-electron chi connectivity index (χ1n) is 5.87. The first-order valence-corrected chi connectivity index (χ1v) is 6.40. The monoisotopic (exact) mass is 264 g/mol. The Hall–Kier alpha value is -0.770. The predicted molar refractivity (Wildman–Crippen MR) is 65.9 cm³/mol. The Balaban J connectivity index is 4.13. The molecule has 2 unspecified atom stereocenters. The van der Waals surface area contributed by atoms with Gasteiger partial charge in [-0.2, -0.15) is 0 Å². The van der Waals surface area contributed by atoms with Crippen LogP contribution >= 0.6 is 11.6 Å². The van der Waals surface area contributed by atoms with E-state index in [1.807, 2.05) is 6.92 Å². The maximum Gasteiger partial charge on any atom is 0.310 e. The lowest BCUT2D eigenvalue weighted by Crippen LogP contribution is -2.25. The van der Waals surface area contributed by atoms with E-state index in [9.17, 15) is 9.59 Å². The van der Waals surface area contributed by atoms with Gasteiger partial charge in [0.2, 0.25) is 0 Å². The molecule has 0 aromatic heterocycles. The van der Waals surface area contributed by atoms with Crippen LogP contribution in [0, 0.1) is 11.8 Å². The van der Waals surface area contributed by atoms with Crippen LogP contribution in [0.3, 0.4) is 0 Å². The Morgan fingerprint density at radius 1 is 1.29 bits per heavy atom. The number of unbranched alkanes of at least 4 members (excludes halogenated alkanes) is 1. The second-order valence-electron chi connectivity index (χ2n) is 4.03. The van der Waals surface area contributed by atoms with Gasteiger partial charge in [0.1, 0.15) is 0 Å². The molecule has 0 saturated heterocycles. The molecule has 0 saturated carbocycles. The van der Waals surface area contributed by atoms with Crippen molar-refractivity contribution in [2.75, 3.05) is 19.6 Å². The number of methoxy groups -OCH3 is 1. The number of hydrogen-bond acceptors (Lipinski definition) is 4. The van der Waals surface area contributed by atoms with Gasteiger partial charge in [0.15, 0.2) is 0 Å². The van der Waals surface area contributed by atoms with Crippen molar-refractivity contribution in [3.05, 3.63) is 0 Å². The van der Waals surface area contributed by atoms with Gasteiger partial charge < -0.3 is 9.47 Å². The molecule has 17 heavy (non-hydrogen) atoms. The lowest BCUT2D eigenvalue weighted by Gasteiger charge is -2.16. The molecule has 0 spiro atoms. The van der Waals surface area contributed by atoms with Gasteiger partial charge >= 0.3 is 11.9 Å². The quantitative estimate of drug-likeness (QED) is 0.384. The van der Waals surface area contributed by atoms with E-state index in [0.717, 1.165) is 12.8 Å². The number of alkyl halides is 1. The second-order valence-corrected chi connectivity index (χ2v) is 4.34. The first kappa shape index (κ1) is 16.2. The molecule has 0 N–H and O–H groups in total. The topological polar surface area (TPSA) is 52.6 Å². The van der Waals surface area contributed by atoms with E-state index in [4.69, 9.17) is 16.3 Å². The first-order chi connectivity index (χ1) is 8.06. The fraction of sp³-hybridized carbons (Fsp3) is 0.833. The van der Waals surface area contributed by atoms with Crippen LogP contribution in [0.25, 0.3) is 0 Å². The van der Waals surface area contributed by atoms with Gasteiger partial charge in [-0.15, -0.1) is 11.6 Å². The molecule has 100 valence electrons. The zero-order valence-corrected chi connectivity index (χ0v) is 11.5. The average molecular weight is 265 g/mol. The van der Waals surface area contributed by atoms with Gasteiger partial charge in [-0.3, -0.25) is 9.59 Å². The number of carbonyl (C=O) groups excluding carboxylic acids is 2. The van der Waals surface area contributed by atoms with Crippen LogP contribution in [-0.4, -0.2) is 31.5 Å². The van der Waals surface area contributed by atoms with Crippen LogP contribution in [0.4, 0.5) is 0 Å². The fourth-order valence-electron chi connectivity index (χ4n) is 1.38.